The van der Waals surface area contributed by atoms with E-state index in [0.29, 0.717) is 6.42 Å². The summed E-state index contributed by atoms with van der Waals surface area (Å²) in [5.74, 6) is -5.13. The Balaban J connectivity index is 1.69. The number of aliphatic carboxylic acids is 2. The molecule has 1 saturated heterocycles. The first-order valence-corrected chi connectivity index (χ1v) is 8.84. The Morgan fingerprint density at radius 1 is 0.957 bits per heavy atom. The van der Waals surface area contributed by atoms with Crippen LogP contribution < -0.4 is 0 Å². The summed E-state index contributed by atoms with van der Waals surface area (Å²) in [6, 6.07) is 7.21. The van der Waals surface area contributed by atoms with Crippen molar-refractivity contribution in [2.24, 2.45) is 23.7 Å². The SMILES string of the molecule is O=C(O)[C@@H]1[C@H]2C[C@H]([C@@H]1C(=O)O)[C@H]1[C@H]2N1S(=O)(=O)c1ccccc1. The van der Waals surface area contributed by atoms with Gasteiger partial charge in [0.25, 0.3) is 0 Å². The van der Waals surface area contributed by atoms with Crippen LogP contribution in [-0.2, 0) is 19.6 Å². The van der Waals surface area contributed by atoms with Gasteiger partial charge in [0.15, 0.2) is 0 Å². The van der Waals surface area contributed by atoms with Crippen LogP contribution in [-0.4, -0.2) is 47.0 Å². The van der Waals surface area contributed by atoms with Crippen LogP contribution in [0.2, 0.25) is 0 Å². The van der Waals surface area contributed by atoms with Gasteiger partial charge in [-0.3, -0.25) is 9.59 Å². The third kappa shape index (κ3) is 1.82. The summed E-state index contributed by atoms with van der Waals surface area (Å²) in [7, 11) is -3.70. The number of carbonyl (C=O) groups is 2. The number of benzene rings is 1. The number of carboxylic acid groups (broad SMARTS) is 2. The maximum atomic E-state index is 12.7. The highest BCUT2D eigenvalue weighted by atomic mass is 32.2. The van der Waals surface area contributed by atoms with Gasteiger partial charge in [0.05, 0.1) is 16.7 Å². The monoisotopic (exact) mass is 337 g/mol. The molecule has 0 radical (unpaired) electrons. The highest BCUT2D eigenvalue weighted by molar-refractivity contribution is 7.89. The number of carboxylic acids is 2. The number of nitrogens with zero attached hydrogens (tertiary/aromatic N) is 1. The molecule has 3 fully saturated rings. The average molecular weight is 337 g/mol. The minimum absolute atomic E-state index is 0.160. The Hall–Kier alpha value is -1.93. The fourth-order valence-corrected chi connectivity index (χ4v) is 6.58. The van der Waals surface area contributed by atoms with E-state index in [1.54, 1.807) is 18.2 Å². The first-order valence-electron chi connectivity index (χ1n) is 7.40. The predicted molar refractivity (Wildman–Crippen MR) is 76.9 cm³/mol. The van der Waals surface area contributed by atoms with Crippen LogP contribution in [0.5, 0.6) is 0 Å². The fraction of sp³-hybridized carbons (Fsp3) is 0.467. The fourth-order valence-electron chi connectivity index (χ4n) is 4.68. The standard InChI is InChI=1S/C15H15NO6S/c17-14(18)10-8-6-9(11(10)15(19)20)13-12(8)16(13)23(21,22)7-4-2-1-3-5-7/h1-5,8-13H,6H2,(H,17,18)(H,19,20)/t8-,9-,10-,11+,12+,13+,16?/m1/s1. The summed E-state index contributed by atoms with van der Waals surface area (Å²) in [6.45, 7) is 0. The number of piperidine rings is 1. The summed E-state index contributed by atoms with van der Waals surface area (Å²) in [5, 5.41) is 18.7. The maximum absolute atomic E-state index is 12.7. The van der Waals surface area contributed by atoms with Crippen molar-refractivity contribution in [2.45, 2.75) is 23.4 Å². The molecule has 1 aromatic carbocycles. The van der Waals surface area contributed by atoms with Crippen molar-refractivity contribution in [3.63, 3.8) is 0 Å². The van der Waals surface area contributed by atoms with Gasteiger partial charge in [-0.15, -0.1) is 0 Å². The van der Waals surface area contributed by atoms with Crippen molar-refractivity contribution in [2.75, 3.05) is 0 Å². The minimum atomic E-state index is -3.70. The molecule has 0 amide bonds. The van der Waals surface area contributed by atoms with Gasteiger partial charge in [-0.25, -0.2) is 8.42 Å². The maximum Gasteiger partial charge on any atom is 0.307 e. The van der Waals surface area contributed by atoms with Crippen LogP contribution >= 0.6 is 0 Å². The number of fused-ring (bicyclic) bond motifs is 5. The second-order valence-corrected chi connectivity index (χ2v) is 8.26. The highest BCUT2D eigenvalue weighted by Gasteiger charge is 2.76. The third-order valence-electron chi connectivity index (χ3n) is 5.47. The van der Waals surface area contributed by atoms with Gasteiger partial charge < -0.3 is 10.2 Å². The normalized spacial score (nSPS) is 40.6. The van der Waals surface area contributed by atoms with Crippen molar-refractivity contribution < 1.29 is 28.2 Å². The molecule has 7 atom stereocenters. The van der Waals surface area contributed by atoms with Crippen LogP contribution in [0.4, 0.5) is 0 Å². The summed E-state index contributed by atoms with van der Waals surface area (Å²) in [5.41, 5.74) is 0. The molecule has 1 aliphatic heterocycles. The van der Waals surface area contributed by atoms with E-state index in [1.165, 1.54) is 16.4 Å². The Kier molecular flexibility index (Phi) is 2.90. The largest absolute Gasteiger partial charge is 0.481 e. The molecule has 0 spiro atoms. The summed E-state index contributed by atoms with van der Waals surface area (Å²) >= 11 is 0. The Labute approximate surface area is 132 Å². The van der Waals surface area contributed by atoms with E-state index in [9.17, 15) is 28.2 Å². The number of hydrogen-bond acceptors (Lipinski definition) is 4. The van der Waals surface area contributed by atoms with E-state index in [2.05, 4.69) is 0 Å². The number of sulfonamides is 1. The van der Waals surface area contributed by atoms with E-state index >= 15 is 0 Å². The Morgan fingerprint density at radius 3 is 1.87 bits per heavy atom. The minimum Gasteiger partial charge on any atom is -0.481 e. The highest BCUT2D eigenvalue weighted by Crippen LogP contribution is 2.64. The summed E-state index contributed by atoms with van der Waals surface area (Å²) in [4.78, 5) is 23.1. The molecule has 7 nitrogen and oxygen atoms in total. The van der Waals surface area contributed by atoms with Gasteiger partial charge in [0.1, 0.15) is 0 Å². The van der Waals surface area contributed by atoms with E-state index in [1.807, 2.05) is 0 Å². The quantitative estimate of drug-likeness (QED) is 0.773. The third-order valence-corrected chi connectivity index (χ3v) is 7.38. The van der Waals surface area contributed by atoms with E-state index in [-0.39, 0.29) is 17.0 Å². The Morgan fingerprint density at radius 2 is 1.43 bits per heavy atom. The van der Waals surface area contributed by atoms with Crippen LogP contribution in [0, 0.1) is 23.7 Å². The van der Waals surface area contributed by atoms with Gasteiger partial charge in [-0.2, -0.15) is 4.31 Å². The molecule has 122 valence electrons. The zero-order valence-corrected chi connectivity index (χ0v) is 12.8. The van der Waals surface area contributed by atoms with Gasteiger partial charge >= 0.3 is 11.9 Å². The first-order chi connectivity index (χ1) is 10.9. The van der Waals surface area contributed by atoms with Crippen molar-refractivity contribution in [1.82, 2.24) is 4.31 Å². The summed E-state index contributed by atoms with van der Waals surface area (Å²) < 4.78 is 26.7. The smallest absolute Gasteiger partial charge is 0.307 e. The lowest BCUT2D eigenvalue weighted by Gasteiger charge is -2.22. The lowest BCUT2D eigenvalue weighted by Crippen LogP contribution is -2.37. The zero-order chi connectivity index (χ0) is 16.5. The van der Waals surface area contributed by atoms with E-state index in [0.717, 1.165) is 0 Å². The lowest BCUT2D eigenvalue weighted by molar-refractivity contribution is -0.155. The van der Waals surface area contributed by atoms with Crippen LogP contribution in [0.15, 0.2) is 35.2 Å². The molecule has 2 aliphatic carbocycles. The van der Waals surface area contributed by atoms with Gasteiger partial charge in [-0.05, 0) is 30.4 Å². The molecular weight excluding hydrogens is 322 g/mol. The second-order valence-electron chi connectivity index (χ2n) is 6.42. The first kappa shape index (κ1) is 14.6. The molecule has 2 bridgehead atoms. The van der Waals surface area contributed by atoms with Crippen LogP contribution in [0.3, 0.4) is 0 Å². The van der Waals surface area contributed by atoms with E-state index < -0.39 is 45.6 Å². The average Bonchev–Trinajstić information content (AvgIpc) is 3.02. The molecule has 1 unspecified atom stereocenters. The second kappa shape index (κ2) is 4.55. The molecule has 2 N–H and O–H groups in total. The molecule has 2 saturated carbocycles. The number of rotatable bonds is 4. The molecular formula is C15H15NO6S. The van der Waals surface area contributed by atoms with Gasteiger partial charge in [0, 0.05) is 12.1 Å². The van der Waals surface area contributed by atoms with Crippen molar-refractivity contribution in [3.05, 3.63) is 30.3 Å². The van der Waals surface area contributed by atoms with Gasteiger partial charge in [0.2, 0.25) is 10.0 Å². The molecule has 1 aromatic rings. The molecule has 8 heteroatoms. The van der Waals surface area contributed by atoms with Crippen molar-refractivity contribution >= 4 is 22.0 Å². The number of hydrogen-bond donors (Lipinski definition) is 2. The topological polar surface area (TPSA) is 112 Å². The van der Waals surface area contributed by atoms with Crippen LogP contribution in [0.1, 0.15) is 6.42 Å². The lowest BCUT2D eigenvalue weighted by atomic mass is 9.79. The molecule has 23 heavy (non-hydrogen) atoms. The summed E-state index contributed by atoms with van der Waals surface area (Å²) in [6.07, 6.45) is 0.476. The van der Waals surface area contributed by atoms with Crippen molar-refractivity contribution in [1.29, 1.82) is 0 Å². The van der Waals surface area contributed by atoms with Gasteiger partial charge in [-0.1, -0.05) is 18.2 Å². The van der Waals surface area contributed by atoms with Crippen molar-refractivity contribution in [3.8, 4) is 0 Å². The predicted octanol–water partition coefficient (Wildman–Crippen LogP) is 0.479. The Bertz CT molecular complexity index is 759. The molecule has 4 rings (SSSR count). The van der Waals surface area contributed by atoms with Crippen LogP contribution in [0.25, 0.3) is 0 Å². The molecule has 1 heterocycles. The zero-order valence-electron chi connectivity index (χ0n) is 11.9. The molecule has 3 aliphatic rings. The van der Waals surface area contributed by atoms with E-state index in [4.69, 9.17) is 0 Å². The molecule has 0 aromatic heterocycles.